The molecule has 0 saturated carbocycles. The molecule has 0 bridgehead atoms. The van der Waals surface area contributed by atoms with Crippen molar-refractivity contribution in [2.75, 3.05) is 16.3 Å². The smallest absolute Gasteiger partial charge is 0.229 e. The highest BCUT2D eigenvalue weighted by Crippen LogP contribution is 2.56. The highest BCUT2D eigenvalue weighted by Gasteiger charge is 2.44. The maximum atomic E-state index is 13.3. The molecule has 4 rings (SSSR count). The van der Waals surface area contributed by atoms with Gasteiger partial charge in [0.1, 0.15) is 16.2 Å². The Morgan fingerprint density at radius 2 is 1.81 bits per heavy atom. The van der Waals surface area contributed by atoms with E-state index in [0.717, 1.165) is 6.26 Å². The molecule has 0 amide bonds. The molecule has 11 heteroatoms. The fourth-order valence-electron chi connectivity index (χ4n) is 3.70. The van der Waals surface area contributed by atoms with E-state index in [1.54, 1.807) is 38.1 Å². The molecule has 31 heavy (non-hydrogen) atoms. The van der Waals surface area contributed by atoms with Crippen LogP contribution in [0.2, 0.25) is 0 Å². The van der Waals surface area contributed by atoms with Gasteiger partial charge in [0.25, 0.3) is 0 Å². The maximum Gasteiger partial charge on any atom is 0.229 e. The number of aliphatic hydroxyl groups excluding tert-OH is 1. The predicted molar refractivity (Wildman–Crippen MR) is 121 cm³/mol. The van der Waals surface area contributed by atoms with Crippen molar-refractivity contribution in [1.29, 1.82) is 0 Å². The minimum atomic E-state index is -3.79. The largest absolute Gasteiger partial charge is 0.506 e. The molecule has 0 saturated heterocycles. The third-order valence-corrected chi connectivity index (χ3v) is 7.15. The first-order chi connectivity index (χ1) is 14.3. The summed E-state index contributed by atoms with van der Waals surface area (Å²) in [4.78, 5) is 13.2. The molecule has 0 atom stereocenters. The van der Waals surface area contributed by atoms with E-state index in [1.165, 1.54) is 18.2 Å². The van der Waals surface area contributed by atoms with E-state index in [1.807, 2.05) is 0 Å². The molecule has 2 aromatic carbocycles. The number of rotatable bonds is 3. The van der Waals surface area contributed by atoms with Gasteiger partial charge in [-0.3, -0.25) is 18.6 Å². The number of hydrogen-bond acceptors (Lipinski definition) is 8. The van der Waals surface area contributed by atoms with Crippen molar-refractivity contribution >= 4 is 49.6 Å². The van der Waals surface area contributed by atoms with Crippen molar-refractivity contribution in [3.8, 4) is 0 Å². The fraction of sp³-hybridized carbons (Fsp3) is 0.200. The molecule has 0 spiro atoms. The number of anilines is 2. The average Bonchev–Trinajstić information content (AvgIpc) is 2.66. The molecule has 1 aliphatic carbocycles. The van der Waals surface area contributed by atoms with Gasteiger partial charge in [-0.25, -0.2) is 8.42 Å². The molecule has 5 N–H and O–H groups in total. The number of hydrogen-bond donors (Lipinski definition) is 5. The summed E-state index contributed by atoms with van der Waals surface area (Å²) in [6.45, 7) is 3.44. The van der Waals surface area contributed by atoms with Gasteiger partial charge >= 0.3 is 0 Å². The van der Waals surface area contributed by atoms with Crippen LogP contribution >= 0.6 is 10.8 Å². The van der Waals surface area contributed by atoms with E-state index in [4.69, 9.17) is 0 Å². The maximum absolute atomic E-state index is 13.3. The predicted octanol–water partition coefficient (Wildman–Crippen LogP) is 3.74. The lowest BCUT2D eigenvalue weighted by Crippen LogP contribution is -2.40. The van der Waals surface area contributed by atoms with E-state index in [9.17, 15) is 27.4 Å². The third kappa shape index (κ3) is 3.59. The number of carbonyl (C=O) groups excluding carboxylic acids is 1. The molecule has 0 fully saturated rings. The van der Waals surface area contributed by atoms with Gasteiger partial charge in [-0.1, -0.05) is 35.0 Å². The Morgan fingerprint density at radius 3 is 2.48 bits per heavy atom. The summed E-state index contributed by atoms with van der Waals surface area (Å²) in [5.74, 6) is -0.898. The van der Waals surface area contributed by atoms with E-state index >= 15 is 0 Å². The normalized spacial score (nSPS) is 20.2. The van der Waals surface area contributed by atoms with Crippen LogP contribution in [-0.4, -0.2) is 40.5 Å². The zero-order valence-electron chi connectivity index (χ0n) is 16.9. The number of aliphatic hydroxyl groups is 1. The van der Waals surface area contributed by atoms with Crippen LogP contribution in [0.4, 0.5) is 11.4 Å². The van der Waals surface area contributed by atoms with Gasteiger partial charge in [0, 0.05) is 5.56 Å². The molecule has 1 aliphatic heterocycles. The first kappa shape index (κ1) is 21.4. The summed E-state index contributed by atoms with van der Waals surface area (Å²) in [7, 11) is -7.36. The molecule has 2 aliphatic rings. The first-order valence-corrected chi connectivity index (χ1v) is 12.6. The number of Topliss-reactive ketones (excluding diaryl/α,β-unsaturated/α-hetero) is 1. The standard InChI is InChI=1S/C20H21N3O6S2/c1-20(2)13-7-5-4-6-12(13)17(24)16(18(20)25)19-21-14-9-8-11(22-30(3,26)27)10-15(14)31(28,29)23-19/h4-10,22,24,28-29H,1-3H3,(H,21,23). The molecule has 0 aromatic heterocycles. The number of benzene rings is 2. The third-order valence-electron chi connectivity index (χ3n) is 5.18. The molecular weight excluding hydrogens is 442 g/mol. The van der Waals surface area contributed by atoms with Crippen LogP contribution < -0.4 is 10.0 Å². The second kappa shape index (κ2) is 6.82. The van der Waals surface area contributed by atoms with Crippen molar-refractivity contribution in [1.82, 2.24) is 0 Å². The number of amidine groups is 1. The van der Waals surface area contributed by atoms with Crippen molar-refractivity contribution in [3.63, 3.8) is 0 Å². The van der Waals surface area contributed by atoms with Crippen molar-refractivity contribution in [2.24, 2.45) is 4.40 Å². The van der Waals surface area contributed by atoms with Crippen LogP contribution in [0.5, 0.6) is 0 Å². The van der Waals surface area contributed by atoms with Gasteiger partial charge in [-0.2, -0.15) is 0 Å². The van der Waals surface area contributed by atoms with E-state index < -0.39 is 32.0 Å². The second-order valence-electron chi connectivity index (χ2n) is 7.89. The summed E-state index contributed by atoms with van der Waals surface area (Å²) in [5, 5.41) is 13.7. The fourth-order valence-corrected chi connectivity index (χ4v) is 5.44. The van der Waals surface area contributed by atoms with Crippen LogP contribution in [-0.2, 0) is 20.2 Å². The average molecular weight is 464 g/mol. The highest BCUT2D eigenvalue weighted by molar-refractivity contribution is 8.23. The highest BCUT2D eigenvalue weighted by atomic mass is 32.3. The lowest BCUT2D eigenvalue weighted by molar-refractivity contribution is -0.119. The summed E-state index contributed by atoms with van der Waals surface area (Å²) < 4.78 is 50.5. The number of nitrogens with zero attached hydrogens (tertiary/aromatic N) is 1. The molecule has 9 nitrogen and oxygen atoms in total. The van der Waals surface area contributed by atoms with E-state index in [-0.39, 0.29) is 33.4 Å². The van der Waals surface area contributed by atoms with Crippen LogP contribution in [0.3, 0.4) is 0 Å². The van der Waals surface area contributed by atoms with Crippen molar-refractivity contribution in [2.45, 2.75) is 24.2 Å². The minimum Gasteiger partial charge on any atom is -0.506 e. The number of sulfonamides is 1. The van der Waals surface area contributed by atoms with Gasteiger partial charge in [-0.05, 0) is 37.6 Å². The number of ketones is 1. The second-order valence-corrected chi connectivity index (χ2v) is 11.3. The summed E-state index contributed by atoms with van der Waals surface area (Å²) >= 11 is 0. The molecular formula is C20H21N3O6S2. The van der Waals surface area contributed by atoms with Crippen molar-refractivity contribution in [3.05, 3.63) is 59.2 Å². The molecule has 0 unspecified atom stereocenters. The number of nitrogens with one attached hydrogen (secondary N) is 2. The summed E-state index contributed by atoms with van der Waals surface area (Å²) in [5.41, 5.74) is 0.353. The van der Waals surface area contributed by atoms with Crippen LogP contribution in [0, 0.1) is 0 Å². The zero-order valence-corrected chi connectivity index (χ0v) is 18.5. The van der Waals surface area contributed by atoms with Gasteiger partial charge in [-0.15, -0.1) is 4.40 Å². The Labute approximate surface area is 181 Å². The lowest BCUT2D eigenvalue weighted by atomic mass is 9.71. The zero-order chi connectivity index (χ0) is 22.8. The monoisotopic (exact) mass is 463 g/mol. The SMILES string of the molecule is CC1(C)C(=O)C(C2=NS(O)(O)c3cc(NS(C)(=O)=O)ccc3N2)=C(O)c2ccccc21. The van der Waals surface area contributed by atoms with Gasteiger partial charge < -0.3 is 10.4 Å². The van der Waals surface area contributed by atoms with Crippen LogP contribution in [0.25, 0.3) is 5.76 Å². The van der Waals surface area contributed by atoms with E-state index in [2.05, 4.69) is 14.4 Å². The Hall–Kier alpha value is -2.86. The number of carbonyl (C=O) groups is 1. The Balaban J connectivity index is 1.84. The van der Waals surface area contributed by atoms with Gasteiger partial charge in [0.05, 0.1) is 23.0 Å². The first-order valence-electron chi connectivity index (χ1n) is 9.16. The quantitative estimate of drug-likeness (QED) is 0.466. The van der Waals surface area contributed by atoms with Gasteiger partial charge in [0.15, 0.2) is 11.6 Å². The minimum absolute atomic E-state index is 0.0343. The Kier molecular flexibility index (Phi) is 4.70. The number of fused-ring (bicyclic) bond motifs is 2. The summed E-state index contributed by atoms with van der Waals surface area (Å²) in [6, 6.07) is 11.1. The Bertz CT molecular complexity index is 1300. The Morgan fingerprint density at radius 1 is 1.13 bits per heavy atom. The van der Waals surface area contributed by atoms with Crippen LogP contribution in [0.15, 0.2) is 57.3 Å². The van der Waals surface area contributed by atoms with Gasteiger partial charge in [0.2, 0.25) is 10.0 Å². The summed E-state index contributed by atoms with van der Waals surface area (Å²) in [6.07, 6.45) is 0.975. The molecule has 164 valence electrons. The lowest BCUT2D eigenvalue weighted by Gasteiger charge is -2.37. The molecule has 0 radical (unpaired) electrons. The topological polar surface area (TPSA) is 148 Å². The van der Waals surface area contributed by atoms with E-state index in [0.29, 0.717) is 11.1 Å². The van der Waals surface area contributed by atoms with Crippen LogP contribution in [0.1, 0.15) is 25.0 Å². The molecule has 1 heterocycles. The van der Waals surface area contributed by atoms with Crippen molar-refractivity contribution < 1.29 is 27.4 Å². The molecule has 2 aromatic rings.